The summed E-state index contributed by atoms with van der Waals surface area (Å²) in [5, 5.41) is 3.04. The minimum Gasteiger partial charge on any atom is -0.349 e. The average Bonchev–Trinajstić information content (AvgIpc) is 2.26. The van der Waals surface area contributed by atoms with Gasteiger partial charge in [0.1, 0.15) is 0 Å². The smallest absolute Gasteiger partial charge is 0.220 e. The molecule has 1 amide bonds. The highest BCUT2D eigenvalue weighted by molar-refractivity contribution is 5.76. The molecule has 1 aromatic rings. The van der Waals surface area contributed by atoms with Crippen LogP contribution in [0.3, 0.4) is 0 Å². The highest BCUT2D eigenvalue weighted by Crippen LogP contribution is 2.21. The molecular formula is C13H19NO. The Kier molecular flexibility index (Phi) is 4.35. The van der Waals surface area contributed by atoms with Crippen molar-refractivity contribution >= 4 is 5.91 Å². The summed E-state index contributed by atoms with van der Waals surface area (Å²) in [6.07, 6.45) is 0.538. The Morgan fingerprint density at radius 1 is 1.27 bits per heavy atom. The van der Waals surface area contributed by atoms with Crippen LogP contribution in [0.4, 0.5) is 0 Å². The van der Waals surface area contributed by atoms with Crippen LogP contribution in [0, 0.1) is 5.92 Å². The summed E-state index contributed by atoms with van der Waals surface area (Å²) < 4.78 is 0. The van der Waals surface area contributed by atoms with Crippen molar-refractivity contribution in [2.45, 2.75) is 33.2 Å². The van der Waals surface area contributed by atoms with Crippen molar-refractivity contribution in [2.75, 3.05) is 0 Å². The second-order valence-corrected chi connectivity index (χ2v) is 4.05. The number of carbonyl (C=O) groups is 1. The van der Waals surface area contributed by atoms with E-state index in [1.807, 2.05) is 25.1 Å². The Morgan fingerprint density at radius 2 is 1.87 bits per heavy atom. The second kappa shape index (κ2) is 5.54. The molecule has 0 aliphatic heterocycles. The van der Waals surface area contributed by atoms with Gasteiger partial charge in [0.05, 0.1) is 6.04 Å². The average molecular weight is 205 g/mol. The van der Waals surface area contributed by atoms with E-state index < -0.39 is 0 Å². The van der Waals surface area contributed by atoms with Gasteiger partial charge in [-0.15, -0.1) is 0 Å². The molecule has 1 rings (SSSR count). The van der Waals surface area contributed by atoms with Crippen LogP contribution in [-0.4, -0.2) is 5.91 Å². The van der Waals surface area contributed by atoms with Gasteiger partial charge in [0.25, 0.3) is 0 Å². The molecule has 0 aliphatic carbocycles. The van der Waals surface area contributed by atoms with Crippen molar-refractivity contribution in [2.24, 2.45) is 5.92 Å². The topological polar surface area (TPSA) is 29.1 Å². The molecule has 0 bridgehead atoms. The first-order chi connectivity index (χ1) is 7.15. The summed E-state index contributed by atoms with van der Waals surface area (Å²) in [6.45, 7) is 6.11. The van der Waals surface area contributed by atoms with Gasteiger partial charge in [0, 0.05) is 6.42 Å². The molecule has 1 aromatic carbocycles. The first kappa shape index (κ1) is 11.8. The molecule has 0 spiro atoms. The van der Waals surface area contributed by atoms with Crippen LogP contribution in [0.2, 0.25) is 0 Å². The largest absolute Gasteiger partial charge is 0.349 e. The third-order valence-electron chi connectivity index (χ3n) is 2.46. The first-order valence-electron chi connectivity index (χ1n) is 5.49. The number of rotatable bonds is 4. The SMILES string of the molecule is CCC(=O)NC(c1ccccc1)C(C)C. The molecule has 0 saturated carbocycles. The molecule has 0 heterocycles. The van der Waals surface area contributed by atoms with E-state index in [9.17, 15) is 4.79 Å². The second-order valence-electron chi connectivity index (χ2n) is 4.05. The number of hydrogen-bond acceptors (Lipinski definition) is 1. The minimum absolute atomic E-state index is 0.109. The van der Waals surface area contributed by atoms with E-state index >= 15 is 0 Å². The molecule has 2 nitrogen and oxygen atoms in total. The first-order valence-corrected chi connectivity index (χ1v) is 5.49. The van der Waals surface area contributed by atoms with Crippen LogP contribution < -0.4 is 5.32 Å². The minimum atomic E-state index is 0.109. The maximum Gasteiger partial charge on any atom is 0.220 e. The summed E-state index contributed by atoms with van der Waals surface area (Å²) in [5.74, 6) is 0.514. The normalized spacial score (nSPS) is 12.5. The van der Waals surface area contributed by atoms with Crippen molar-refractivity contribution in [3.8, 4) is 0 Å². The lowest BCUT2D eigenvalue weighted by Crippen LogP contribution is -2.31. The van der Waals surface area contributed by atoms with Crippen LogP contribution in [-0.2, 0) is 4.79 Å². The number of amides is 1. The molecule has 0 radical (unpaired) electrons. The molecular weight excluding hydrogens is 186 g/mol. The van der Waals surface area contributed by atoms with Crippen LogP contribution >= 0.6 is 0 Å². The van der Waals surface area contributed by atoms with Crippen LogP contribution in [0.1, 0.15) is 38.8 Å². The molecule has 0 saturated heterocycles. The lowest BCUT2D eigenvalue weighted by Gasteiger charge is -2.22. The Bertz CT molecular complexity index is 306. The molecule has 82 valence electrons. The lowest BCUT2D eigenvalue weighted by atomic mass is 9.96. The molecule has 0 fully saturated rings. The fourth-order valence-corrected chi connectivity index (χ4v) is 1.57. The van der Waals surface area contributed by atoms with Crippen molar-refractivity contribution in [3.05, 3.63) is 35.9 Å². The zero-order valence-electron chi connectivity index (χ0n) is 9.66. The van der Waals surface area contributed by atoms with E-state index in [1.165, 1.54) is 5.56 Å². The monoisotopic (exact) mass is 205 g/mol. The molecule has 0 aliphatic rings. The number of nitrogens with one attached hydrogen (secondary N) is 1. The molecule has 2 heteroatoms. The predicted octanol–water partition coefficient (Wildman–Crippen LogP) is 2.91. The van der Waals surface area contributed by atoms with E-state index in [0.29, 0.717) is 12.3 Å². The Balaban J connectivity index is 2.79. The van der Waals surface area contributed by atoms with Crippen LogP contribution in [0.15, 0.2) is 30.3 Å². The molecule has 1 N–H and O–H groups in total. The third-order valence-corrected chi connectivity index (χ3v) is 2.46. The number of benzene rings is 1. The standard InChI is InChI=1S/C13H19NO/c1-4-12(15)14-13(10(2)3)11-8-6-5-7-9-11/h5-10,13H,4H2,1-3H3,(H,14,15). The van der Waals surface area contributed by atoms with Crippen molar-refractivity contribution in [3.63, 3.8) is 0 Å². The molecule has 1 atom stereocenters. The van der Waals surface area contributed by atoms with Crippen LogP contribution in [0.5, 0.6) is 0 Å². The van der Waals surface area contributed by atoms with Crippen molar-refractivity contribution in [1.82, 2.24) is 5.32 Å². The Labute approximate surface area is 91.7 Å². The van der Waals surface area contributed by atoms with E-state index in [0.717, 1.165) is 0 Å². The van der Waals surface area contributed by atoms with Gasteiger partial charge in [-0.1, -0.05) is 51.1 Å². The Morgan fingerprint density at radius 3 is 2.33 bits per heavy atom. The van der Waals surface area contributed by atoms with E-state index in [4.69, 9.17) is 0 Å². The van der Waals surface area contributed by atoms with E-state index in [2.05, 4.69) is 31.3 Å². The summed E-state index contributed by atoms with van der Waals surface area (Å²) >= 11 is 0. The quantitative estimate of drug-likeness (QED) is 0.804. The highest BCUT2D eigenvalue weighted by Gasteiger charge is 2.16. The lowest BCUT2D eigenvalue weighted by molar-refractivity contribution is -0.121. The fourth-order valence-electron chi connectivity index (χ4n) is 1.57. The van der Waals surface area contributed by atoms with Crippen LogP contribution in [0.25, 0.3) is 0 Å². The summed E-state index contributed by atoms with van der Waals surface area (Å²) in [7, 11) is 0. The van der Waals surface area contributed by atoms with Crippen molar-refractivity contribution in [1.29, 1.82) is 0 Å². The third kappa shape index (κ3) is 3.39. The van der Waals surface area contributed by atoms with Gasteiger partial charge < -0.3 is 5.32 Å². The number of hydrogen-bond donors (Lipinski definition) is 1. The summed E-state index contributed by atoms with van der Waals surface area (Å²) in [4.78, 5) is 11.4. The van der Waals surface area contributed by atoms with Crippen molar-refractivity contribution < 1.29 is 4.79 Å². The summed E-state index contributed by atoms with van der Waals surface area (Å²) in [5.41, 5.74) is 1.18. The van der Waals surface area contributed by atoms with Gasteiger partial charge >= 0.3 is 0 Å². The van der Waals surface area contributed by atoms with Gasteiger partial charge in [0.2, 0.25) is 5.91 Å². The van der Waals surface area contributed by atoms with E-state index in [-0.39, 0.29) is 11.9 Å². The fraction of sp³-hybridized carbons (Fsp3) is 0.462. The van der Waals surface area contributed by atoms with Gasteiger partial charge in [-0.2, -0.15) is 0 Å². The maximum atomic E-state index is 11.4. The maximum absolute atomic E-state index is 11.4. The van der Waals surface area contributed by atoms with Gasteiger partial charge in [0.15, 0.2) is 0 Å². The predicted molar refractivity (Wildman–Crippen MR) is 62.5 cm³/mol. The van der Waals surface area contributed by atoms with Gasteiger partial charge in [-0.3, -0.25) is 4.79 Å². The van der Waals surface area contributed by atoms with Gasteiger partial charge in [-0.25, -0.2) is 0 Å². The Hall–Kier alpha value is -1.31. The van der Waals surface area contributed by atoms with Gasteiger partial charge in [-0.05, 0) is 11.5 Å². The highest BCUT2D eigenvalue weighted by atomic mass is 16.1. The van der Waals surface area contributed by atoms with E-state index in [1.54, 1.807) is 0 Å². The number of carbonyl (C=O) groups excluding carboxylic acids is 1. The molecule has 15 heavy (non-hydrogen) atoms. The zero-order valence-corrected chi connectivity index (χ0v) is 9.66. The summed E-state index contributed by atoms with van der Waals surface area (Å²) in [6, 6.07) is 10.2. The zero-order chi connectivity index (χ0) is 11.3. The molecule has 1 unspecified atom stereocenters. The molecule has 0 aromatic heterocycles.